The van der Waals surface area contributed by atoms with E-state index in [0.29, 0.717) is 24.8 Å². The molecule has 1 spiro atoms. The quantitative estimate of drug-likeness (QED) is 0.435. The lowest BCUT2D eigenvalue weighted by molar-refractivity contribution is -0.161. The summed E-state index contributed by atoms with van der Waals surface area (Å²) in [6.07, 6.45) is 9.69. The van der Waals surface area contributed by atoms with Gasteiger partial charge in [0.2, 0.25) is 5.91 Å². The number of aliphatic hydroxyl groups excluding tert-OH is 1. The highest BCUT2D eigenvalue weighted by Crippen LogP contribution is 2.58. The lowest BCUT2D eigenvalue weighted by Crippen LogP contribution is -2.56. The van der Waals surface area contributed by atoms with Gasteiger partial charge in [0.05, 0.1) is 18.0 Å². The number of nitrogens with zero attached hydrogens (tertiary/aromatic N) is 5. The molecule has 11 heteroatoms. The van der Waals surface area contributed by atoms with Crippen molar-refractivity contribution in [3.63, 3.8) is 0 Å². The average Bonchev–Trinajstić information content (AvgIpc) is 3.53. The van der Waals surface area contributed by atoms with E-state index >= 15 is 0 Å². The van der Waals surface area contributed by atoms with Crippen molar-refractivity contribution >= 4 is 28.8 Å². The Hall–Kier alpha value is -3.57. The summed E-state index contributed by atoms with van der Waals surface area (Å²) in [5.41, 5.74) is -0.930. The molecule has 5 heterocycles. The van der Waals surface area contributed by atoms with Crippen LogP contribution in [0.1, 0.15) is 32.6 Å². The summed E-state index contributed by atoms with van der Waals surface area (Å²) in [5.74, 6) is -2.93. The van der Waals surface area contributed by atoms with Crippen LogP contribution in [0.15, 0.2) is 48.6 Å². The van der Waals surface area contributed by atoms with Gasteiger partial charge in [0, 0.05) is 19.7 Å². The molecule has 0 aliphatic carbocycles. The Bertz CT molecular complexity index is 1350. The van der Waals surface area contributed by atoms with E-state index in [9.17, 15) is 19.5 Å². The number of carbonyl (C=O) groups excluding carboxylic acids is 3. The fraction of sp³-hybridized carbons (Fsp3) is 0.536. The fourth-order valence-corrected chi connectivity index (χ4v) is 6.71. The Morgan fingerprint density at radius 2 is 1.95 bits per heavy atom. The number of aromatic nitrogens is 3. The van der Waals surface area contributed by atoms with Gasteiger partial charge in [-0.15, -0.1) is 5.10 Å². The van der Waals surface area contributed by atoms with E-state index in [1.807, 2.05) is 55.5 Å². The molecule has 1 N–H and O–H groups in total. The number of cyclic esters (lactones) is 1. The van der Waals surface area contributed by atoms with Crippen molar-refractivity contribution in [3.05, 3.63) is 48.6 Å². The molecule has 0 radical (unpaired) electrons. The smallest absolute Gasteiger partial charge is 0.313 e. The van der Waals surface area contributed by atoms with Gasteiger partial charge in [0.25, 0.3) is 5.91 Å². The number of allylic oxidation sites excluding steroid dienone is 1. The fourth-order valence-electron chi connectivity index (χ4n) is 6.71. The summed E-state index contributed by atoms with van der Waals surface area (Å²) in [6, 6.07) is 6.50. The predicted octanol–water partition coefficient (Wildman–Crippen LogP) is 1.42. The van der Waals surface area contributed by atoms with Crippen molar-refractivity contribution in [3.8, 4) is 0 Å². The SMILES string of the molecule is CC[C@@]12/C=C\CCCOC(=O)[C@@H]1[C@H]1C(=O)N(CCCO)C3C(=O)N(Cn4nnc5ccccc54)CC=C[C@@]31O2. The minimum absolute atomic E-state index is 0.132. The van der Waals surface area contributed by atoms with Crippen molar-refractivity contribution in [1.29, 1.82) is 0 Å². The molecule has 4 aliphatic heterocycles. The first-order chi connectivity index (χ1) is 19.0. The van der Waals surface area contributed by atoms with Crippen molar-refractivity contribution in [2.45, 2.75) is 56.5 Å². The predicted molar refractivity (Wildman–Crippen MR) is 139 cm³/mol. The second-order valence-corrected chi connectivity index (χ2v) is 10.6. The minimum Gasteiger partial charge on any atom is -0.465 e. The second kappa shape index (κ2) is 9.87. The van der Waals surface area contributed by atoms with Crippen LogP contribution in [0.25, 0.3) is 11.0 Å². The molecular formula is C28H33N5O6. The van der Waals surface area contributed by atoms with E-state index in [0.717, 1.165) is 11.9 Å². The number of esters is 1. The summed E-state index contributed by atoms with van der Waals surface area (Å²) < 4.78 is 14.2. The maximum Gasteiger partial charge on any atom is 0.313 e. The van der Waals surface area contributed by atoms with Crippen LogP contribution < -0.4 is 0 Å². The lowest BCUT2D eigenvalue weighted by Gasteiger charge is -2.38. The van der Waals surface area contributed by atoms with Crippen molar-refractivity contribution in [1.82, 2.24) is 24.8 Å². The third-order valence-corrected chi connectivity index (χ3v) is 8.50. The average molecular weight is 536 g/mol. The number of hydrogen-bond donors (Lipinski definition) is 1. The summed E-state index contributed by atoms with van der Waals surface area (Å²) in [7, 11) is 0. The molecule has 2 fully saturated rings. The van der Waals surface area contributed by atoms with E-state index in [1.54, 1.807) is 9.58 Å². The number of amides is 2. The Labute approximate surface area is 226 Å². The van der Waals surface area contributed by atoms with Crippen LogP contribution in [-0.2, 0) is 30.5 Å². The summed E-state index contributed by atoms with van der Waals surface area (Å²) in [6.45, 7) is 2.62. The van der Waals surface area contributed by atoms with Gasteiger partial charge in [-0.1, -0.05) is 48.6 Å². The highest BCUT2D eigenvalue weighted by Gasteiger charge is 2.75. The molecule has 2 amide bonds. The van der Waals surface area contributed by atoms with Gasteiger partial charge < -0.3 is 24.4 Å². The largest absolute Gasteiger partial charge is 0.465 e. The van der Waals surface area contributed by atoms with E-state index in [4.69, 9.17) is 9.47 Å². The molecule has 39 heavy (non-hydrogen) atoms. The van der Waals surface area contributed by atoms with Gasteiger partial charge in [0.1, 0.15) is 35.3 Å². The number of ether oxygens (including phenoxy) is 2. The van der Waals surface area contributed by atoms with Crippen molar-refractivity contribution < 1.29 is 29.0 Å². The van der Waals surface area contributed by atoms with Gasteiger partial charge in [-0.2, -0.15) is 0 Å². The molecule has 6 rings (SSSR count). The third kappa shape index (κ3) is 3.89. The van der Waals surface area contributed by atoms with Gasteiger partial charge in [-0.3, -0.25) is 14.4 Å². The Morgan fingerprint density at radius 1 is 1.10 bits per heavy atom. The molecule has 1 aromatic carbocycles. The first-order valence-electron chi connectivity index (χ1n) is 13.7. The highest BCUT2D eigenvalue weighted by atomic mass is 16.6. The number of carbonyl (C=O) groups is 3. The van der Waals surface area contributed by atoms with Crippen molar-refractivity contribution in [2.24, 2.45) is 11.8 Å². The minimum atomic E-state index is -1.36. The normalized spacial score (nSPS) is 33.2. The molecule has 2 saturated heterocycles. The molecule has 0 saturated carbocycles. The zero-order valence-electron chi connectivity index (χ0n) is 21.9. The van der Waals surface area contributed by atoms with Gasteiger partial charge in [0.15, 0.2) is 0 Å². The number of para-hydroxylation sites is 1. The zero-order valence-corrected chi connectivity index (χ0v) is 21.9. The van der Waals surface area contributed by atoms with Crippen molar-refractivity contribution in [2.75, 3.05) is 26.3 Å². The maximum absolute atomic E-state index is 14.4. The molecule has 4 aliphatic rings. The van der Waals surface area contributed by atoms with Crippen LogP contribution in [0.5, 0.6) is 0 Å². The lowest BCUT2D eigenvalue weighted by atomic mass is 9.73. The zero-order chi connectivity index (χ0) is 27.2. The van der Waals surface area contributed by atoms with E-state index in [-0.39, 0.29) is 44.8 Å². The standard InChI is InChI=1S/C28H33N5O6/c1-2-27-12-6-3-7-17-38-26(37)22(27)21-24(35)32(15-9-16-34)23-25(36)31(14-8-13-28(21,23)39-27)18-33-20-11-5-4-10-19(20)29-30-33/h4-6,8,10-13,21-23,34H,2-3,7,9,14-18H2,1H3/b12-6-/t21-,22-,23?,27+,28-/m0/s1. The first kappa shape index (κ1) is 25.7. The number of likely N-dealkylation sites (tertiary alicyclic amines) is 1. The van der Waals surface area contributed by atoms with Crippen LogP contribution >= 0.6 is 0 Å². The van der Waals surface area contributed by atoms with Gasteiger partial charge in [-0.25, -0.2) is 4.68 Å². The van der Waals surface area contributed by atoms with Crippen LogP contribution in [-0.4, -0.2) is 91.2 Å². The summed E-state index contributed by atoms with van der Waals surface area (Å²) >= 11 is 0. The maximum atomic E-state index is 14.4. The highest BCUT2D eigenvalue weighted by molar-refractivity contribution is 5.99. The van der Waals surface area contributed by atoms with E-state index in [1.165, 1.54) is 4.90 Å². The van der Waals surface area contributed by atoms with Crippen LogP contribution in [0.3, 0.4) is 0 Å². The molecular weight excluding hydrogens is 502 g/mol. The number of rotatable bonds is 6. The van der Waals surface area contributed by atoms with Gasteiger partial charge >= 0.3 is 5.97 Å². The van der Waals surface area contributed by atoms with Crippen LogP contribution in [0.2, 0.25) is 0 Å². The number of aliphatic hydroxyl groups is 1. The number of benzene rings is 1. The Kier molecular flexibility index (Phi) is 6.50. The topological polar surface area (TPSA) is 127 Å². The molecule has 1 aromatic heterocycles. The summed E-state index contributed by atoms with van der Waals surface area (Å²) in [5, 5.41) is 18.0. The molecule has 206 valence electrons. The van der Waals surface area contributed by atoms with Gasteiger partial charge in [-0.05, 0) is 37.8 Å². The van der Waals surface area contributed by atoms with E-state index in [2.05, 4.69) is 10.3 Å². The summed E-state index contributed by atoms with van der Waals surface area (Å²) in [4.78, 5) is 45.2. The van der Waals surface area contributed by atoms with Crippen LogP contribution in [0.4, 0.5) is 0 Å². The molecule has 11 nitrogen and oxygen atoms in total. The number of hydrogen-bond acceptors (Lipinski definition) is 8. The Balaban J connectivity index is 1.43. The van der Waals surface area contributed by atoms with E-state index < -0.39 is 35.0 Å². The monoisotopic (exact) mass is 535 g/mol. The molecule has 1 unspecified atom stereocenters. The Morgan fingerprint density at radius 3 is 2.77 bits per heavy atom. The molecule has 0 bridgehead atoms. The molecule has 2 aromatic rings. The molecule has 5 atom stereocenters. The first-order valence-corrected chi connectivity index (χ1v) is 13.7. The second-order valence-electron chi connectivity index (χ2n) is 10.6. The third-order valence-electron chi connectivity index (χ3n) is 8.50. The number of fused-ring (bicyclic) bond motifs is 3. The van der Waals surface area contributed by atoms with Crippen LogP contribution in [0, 0.1) is 11.8 Å².